The van der Waals surface area contributed by atoms with Crippen molar-refractivity contribution in [1.29, 1.82) is 0 Å². The van der Waals surface area contributed by atoms with E-state index in [-0.39, 0.29) is 34.7 Å². The van der Waals surface area contributed by atoms with E-state index in [0.29, 0.717) is 35.0 Å². The number of amides is 2. The highest BCUT2D eigenvalue weighted by atomic mass is 35.5. The number of fused-ring (bicyclic) bond motifs is 1. The Kier molecular flexibility index (Phi) is 9.74. The molecule has 0 spiro atoms. The van der Waals surface area contributed by atoms with Crippen LogP contribution in [0.3, 0.4) is 0 Å². The predicted molar refractivity (Wildman–Crippen MR) is 153 cm³/mol. The summed E-state index contributed by atoms with van der Waals surface area (Å²) in [5.41, 5.74) is 2.39. The Hall–Kier alpha value is -2.54. The summed E-state index contributed by atoms with van der Waals surface area (Å²) in [6, 6.07) is 12.9. The van der Waals surface area contributed by atoms with Gasteiger partial charge in [-0.15, -0.1) is 22.7 Å². The molecule has 0 unspecified atom stereocenters. The van der Waals surface area contributed by atoms with Crippen molar-refractivity contribution >= 4 is 77.8 Å². The minimum atomic E-state index is -3.78. The van der Waals surface area contributed by atoms with Crippen molar-refractivity contribution in [2.24, 2.45) is 0 Å². The van der Waals surface area contributed by atoms with Crippen LogP contribution in [0, 0.1) is 0 Å². The molecule has 2 amide bonds. The van der Waals surface area contributed by atoms with Crippen LogP contribution in [0.4, 0.5) is 0 Å². The second-order valence-corrected chi connectivity index (χ2v) is 12.7. The predicted octanol–water partition coefficient (Wildman–Crippen LogP) is 4.88. The van der Waals surface area contributed by atoms with E-state index in [1.165, 1.54) is 40.9 Å². The van der Waals surface area contributed by atoms with Gasteiger partial charge < -0.3 is 10.6 Å². The molecule has 0 bridgehead atoms. The summed E-state index contributed by atoms with van der Waals surface area (Å²) in [5, 5.41) is 8.87. The van der Waals surface area contributed by atoms with E-state index < -0.39 is 16.1 Å². The van der Waals surface area contributed by atoms with Crippen LogP contribution in [0.2, 0.25) is 10.0 Å². The molecule has 0 aliphatic heterocycles. The van der Waals surface area contributed by atoms with Gasteiger partial charge in [0, 0.05) is 34.6 Å². The zero-order chi connectivity index (χ0) is 27.1. The minimum Gasteiger partial charge on any atom is -0.354 e. The molecule has 2 aromatic heterocycles. The fourth-order valence-corrected chi connectivity index (χ4v) is 7.02. The average molecular weight is 612 g/mol. The molecule has 4 rings (SSSR count). The van der Waals surface area contributed by atoms with Crippen molar-refractivity contribution in [3.05, 3.63) is 80.0 Å². The molecule has 8 nitrogen and oxygen atoms in total. The van der Waals surface area contributed by atoms with Crippen LogP contribution in [0.15, 0.2) is 64.3 Å². The van der Waals surface area contributed by atoms with Crippen LogP contribution < -0.4 is 15.4 Å². The first-order chi connectivity index (χ1) is 18.2. The number of unbranched alkanes of at least 4 members (excludes halogenated alkanes) is 1. The van der Waals surface area contributed by atoms with E-state index in [1.807, 2.05) is 35.7 Å². The van der Waals surface area contributed by atoms with Crippen molar-refractivity contribution in [3.8, 4) is 0 Å². The summed E-state index contributed by atoms with van der Waals surface area (Å²) in [7, 11) is -3.78. The number of benzene rings is 2. The standard InChI is InChI=1S/C25H24Cl2N4O4S3/c26-17-7-8-23(19(27)12-17)38(34,35)30-10-4-3-9-28-24(32)20(13-18-14-36-15-29-18)31-25(33)22-11-16-5-1-2-6-21(16)37-22/h1-2,5-8,11-12,14-15,20,30H,3-4,9-10,13H2,(H,28,32)(H,31,33)/t20-/m0/s1. The second kappa shape index (κ2) is 13.0. The number of sulfonamides is 1. The lowest BCUT2D eigenvalue weighted by Crippen LogP contribution is -2.48. The number of nitrogens with one attached hydrogen (secondary N) is 3. The number of hydrogen-bond donors (Lipinski definition) is 3. The summed E-state index contributed by atoms with van der Waals surface area (Å²) in [5.74, 6) is -0.655. The summed E-state index contributed by atoms with van der Waals surface area (Å²) < 4.78 is 28.4. The summed E-state index contributed by atoms with van der Waals surface area (Å²) in [4.78, 5) is 30.6. The first-order valence-corrected chi connectivity index (χ1v) is 15.6. The van der Waals surface area contributed by atoms with Gasteiger partial charge in [0.15, 0.2) is 0 Å². The number of halogens is 2. The van der Waals surface area contributed by atoms with Crippen LogP contribution in [-0.2, 0) is 21.2 Å². The maximum atomic E-state index is 13.0. The molecule has 200 valence electrons. The maximum Gasteiger partial charge on any atom is 0.262 e. The van der Waals surface area contributed by atoms with E-state index in [9.17, 15) is 18.0 Å². The van der Waals surface area contributed by atoms with Gasteiger partial charge in [-0.1, -0.05) is 41.4 Å². The third-order valence-electron chi connectivity index (χ3n) is 5.55. The van der Waals surface area contributed by atoms with Crippen molar-refractivity contribution in [2.45, 2.75) is 30.2 Å². The van der Waals surface area contributed by atoms with Gasteiger partial charge in [0.2, 0.25) is 15.9 Å². The molecule has 2 heterocycles. The van der Waals surface area contributed by atoms with Crippen molar-refractivity contribution in [2.75, 3.05) is 13.1 Å². The molecule has 0 radical (unpaired) electrons. The normalized spacial score (nSPS) is 12.4. The molecule has 3 N–H and O–H groups in total. The van der Waals surface area contributed by atoms with Crippen molar-refractivity contribution in [3.63, 3.8) is 0 Å². The van der Waals surface area contributed by atoms with E-state index in [4.69, 9.17) is 23.2 Å². The smallest absolute Gasteiger partial charge is 0.262 e. The summed E-state index contributed by atoms with van der Waals surface area (Å²) >= 11 is 14.6. The van der Waals surface area contributed by atoms with Crippen molar-refractivity contribution < 1.29 is 18.0 Å². The number of aromatic nitrogens is 1. The summed E-state index contributed by atoms with van der Waals surface area (Å²) in [6.07, 6.45) is 1.26. The number of nitrogens with zero attached hydrogens (tertiary/aromatic N) is 1. The first-order valence-electron chi connectivity index (χ1n) is 11.6. The number of rotatable bonds is 12. The minimum absolute atomic E-state index is 0.0427. The van der Waals surface area contributed by atoms with Crippen LogP contribution in [0.1, 0.15) is 28.2 Å². The SMILES string of the molecule is O=C(N[C@@H](Cc1cscn1)C(=O)NCCCCNS(=O)(=O)c1ccc(Cl)cc1Cl)c1cc2ccccc2s1. The quantitative estimate of drug-likeness (QED) is 0.198. The zero-order valence-electron chi connectivity index (χ0n) is 19.9. The Morgan fingerprint density at radius 3 is 2.55 bits per heavy atom. The highest BCUT2D eigenvalue weighted by molar-refractivity contribution is 7.89. The molecule has 0 aliphatic carbocycles. The average Bonchev–Trinajstić information content (AvgIpc) is 3.55. The molecular weight excluding hydrogens is 587 g/mol. The zero-order valence-corrected chi connectivity index (χ0v) is 23.9. The highest BCUT2D eigenvalue weighted by Gasteiger charge is 2.23. The van der Waals surface area contributed by atoms with Gasteiger partial charge >= 0.3 is 0 Å². The number of thiophene rings is 1. The molecule has 0 fully saturated rings. The van der Waals surface area contributed by atoms with Gasteiger partial charge in [-0.2, -0.15) is 0 Å². The molecule has 2 aromatic carbocycles. The molecule has 1 atom stereocenters. The maximum absolute atomic E-state index is 13.0. The number of hydrogen-bond acceptors (Lipinski definition) is 7. The third-order valence-corrected chi connectivity index (χ3v) is 9.48. The Morgan fingerprint density at radius 2 is 1.82 bits per heavy atom. The lowest BCUT2D eigenvalue weighted by Gasteiger charge is -2.17. The monoisotopic (exact) mass is 610 g/mol. The van der Waals surface area contributed by atoms with Gasteiger partial charge in [0.1, 0.15) is 10.9 Å². The van der Waals surface area contributed by atoms with Gasteiger partial charge in [-0.3, -0.25) is 9.59 Å². The van der Waals surface area contributed by atoms with Crippen LogP contribution in [0.5, 0.6) is 0 Å². The van der Waals surface area contributed by atoms with E-state index in [1.54, 1.807) is 5.51 Å². The molecule has 0 saturated carbocycles. The first kappa shape index (κ1) is 28.5. The Labute approximate surface area is 238 Å². The largest absolute Gasteiger partial charge is 0.354 e. The molecule has 38 heavy (non-hydrogen) atoms. The van der Waals surface area contributed by atoms with E-state index in [0.717, 1.165) is 10.1 Å². The van der Waals surface area contributed by atoms with Crippen molar-refractivity contribution in [1.82, 2.24) is 20.3 Å². The number of carbonyl (C=O) groups excluding carboxylic acids is 2. The van der Waals surface area contributed by atoms with Crippen LogP contribution >= 0.6 is 45.9 Å². The van der Waals surface area contributed by atoms with Gasteiger partial charge in [0.05, 0.1) is 21.1 Å². The topological polar surface area (TPSA) is 117 Å². The Balaban J connectivity index is 1.28. The van der Waals surface area contributed by atoms with Crippen LogP contribution in [0.25, 0.3) is 10.1 Å². The highest BCUT2D eigenvalue weighted by Crippen LogP contribution is 2.26. The second-order valence-electron chi connectivity index (χ2n) is 8.33. The van der Waals surface area contributed by atoms with Gasteiger partial charge in [-0.05, 0) is 48.6 Å². The number of carbonyl (C=O) groups is 2. The molecule has 0 aliphatic rings. The number of thiazole rings is 1. The summed E-state index contributed by atoms with van der Waals surface area (Å²) in [6.45, 7) is 0.483. The lowest BCUT2D eigenvalue weighted by atomic mass is 10.1. The molecular formula is C25H24Cl2N4O4S3. The van der Waals surface area contributed by atoms with E-state index in [2.05, 4.69) is 20.3 Å². The fourth-order valence-electron chi connectivity index (χ4n) is 3.64. The molecule has 4 aromatic rings. The van der Waals surface area contributed by atoms with E-state index >= 15 is 0 Å². The van der Waals surface area contributed by atoms with Crippen LogP contribution in [-0.4, -0.2) is 44.3 Å². The Morgan fingerprint density at radius 1 is 1.03 bits per heavy atom. The molecule has 13 heteroatoms. The molecule has 0 saturated heterocycles. The third kappa shape index (κ3) is 7.52. The van der Waals surface area contributed by atoms with Gasteiger partial charge in [0.25, 0.3) is 5.91 Å². The fraction of sp³-hybridized carbons (Fsp3) is 0.240. The Bertz CT molecular complexity index is 1490. The van der Waals surface area contributed by atoms with Gasteiger partial charge in [-0.25, -0.2) is 18.1 Å². The lowest BCUT2D eigenvalue weighted by molar-refractivity contribution is -0.123.